The van der Waals surface area contributed by atoms with Gasteiger partial charge in [0, 0.05) is 16.9 Å². The van der Waals surface area contributed by atoms with Crippen LogP contribution in [0.25, 0.3) is 0 Å². The van der Waals surface area contributed by atoms with Crippen LogP contribution >= 0.6 is 27.5 Å². The van der Waals surface area contributed by atoms with Gasteiger partial charge in [0.2, 0.25) is 5.88 Å². The summed E-state index contributed by atoms with van der Waals surface area (Å²) >= 11 is 9.37. The predicted octanol–water partition coefficient (Wildman–Crippen LogP) is 2.45. The van der Waals surface area contributed by atoms with E-state index < -0.39 is 0 Å². The Hall–Kier alpha value is -1.21. The molecule has 1 unspecified atom stereocenters. The van der Waals surface area contributed by atoms with Gasteiger partial charge in [0.05, 0.1) is 18.2 Å². The van der Waals surface area contributed by atoms with Crippen LogP contribution in [0.2, 0.25) is 5.02 Å². The third kappa shape index (κ3) is 3.03. The zero-order valence-electron chi connectivity index (χ0n) is 10.1. The highest BCUT2D eigenvalue weighted by Gasteiger charge is 2.20. The molecular weight excluding hydrogens is 332 g/mol. The van der Waals surface area contributed by atoms with Crippen molar-refractivity contribution in [1.29, 1.82) is 0 Å². The summed E-state index contributed by atoms with van der Waals surface area (Å²) in [7, 11) is 1.54. The van der Waals surface area contributed by atoms with Crippen LogP contribution in [0.1, 0.15) is 17.3 Å². The molecule has 0 saturated heterocycles. The molecule has 5 nitrogen and oxygen atoms in total. The molecule has 0 radical (unpaired) electrons. The molecule has 0 aliphatic heterocycles. The standard InChI is InChI=1S/C12H12BrClN4O/c1-19-12-11(16-4-5-17-12)10(18-15)7-2-3-9(14)8(13)6-7/h2-6,10,18H,15H2,1H3. The van der Waals surface area contributed by atoms with Crippen LogP contribution in [0.3, 0.4) is 0 Å². The Balaban J connectivity index is 2.46. The number of nitrogens with one attached hydrogen (secondary N) is 1. The highest BCUT2D eigenvalue weighted by Crippen LogP contribution is 2.30. The highest BCUT2D eigenvalue weighted by atomic mass is 79.9. The lowest BCUT2D eigenvalue weighted by atomic mass is 10.0. The van der Waals surface area contributed by atoms with E-state index in [2.05, 4.69) is 31.3 Å². The summed E-state index contributed by atoms with van der Waals surface area (Å²) < 4.78 is 5.98. The molecule has 19 heavy (non-hydrogen) atoms. The van der Waals surface area contributed by atoms with E-state index in [1.54, 1.807) is 25.6 Å². The van der Waals surface area contributed by atoms with Crippen LogP contribution < -0.4 is 16.0 Å². The first-order chi connectivity index (χ1) is 9.17. The van der Waals surface area contributed by atoms with E-state index in [0.717, 1.165) is 10.0 Å². The van der Waals surface area contributed by atoms with Crippen LogP contribution in [0.5, 0.6) is 5.88 Å². The summed E-state index contributed by atoms with van der Waals surface area (Å²) in [6.07, 6.45) is 3.15. The molecule has 0 saturated carbocycles. The van der Waals surface area contributed by atoms with Gasteiger partial charge in [0.25, 0.3) is 0 Å². The zero-order valence-corrected chi connectivity index (χ0v) is 12.4. The normalized spacial score (nSPS) is 12.2. The molecule has 2 aromatic rings. The average Bonchev–Trinajstić information content (AvgIpc) is 2.44. The summed E-state index contributed by atoms with van der Waals surface area (Å²) in [6.45, 7) is 0. The van der Waals surface area contributed by atoms with Crippen molar-refractivity contribution < 1.29 is 4.74 Å². The number of rotatable bonds is 4. The van der Waals surface area contributed by atoms with E-state index in [0.29, 0.717) is 16.6 Å². The molecule has 0 bridgehead atoms. The SMILES string of the molecule is COc1nccnc1C(NN)c1ccc(Cl)c(Br)c1. The minimum Gasteiger partial charge on any atom is -0.480 e. The summed E-state index contributed by atoms with van der Waals surface area (Å²) in [5, 5.41) is 0.630. The minimum absolute atomic E-state index is 0.336. The lowest BCUT2D eigenvalue weighted by Gasteiger charge is -2.17. The van der Waals surface area contributed by atoms with Crippen LogP contribution in [-0.2, 0) is 0 Å². The smallest absolute Gasteiger partial charge is 0.237 e. The highest BCUT2D eigenvalue weighted by molar-refractivity contribution is 9.10. The van der Waals surface area contributed by atoms with Gasteiger partial charge in [-0.25, -0.2) is 10.4 Å². The molecule has 0 amide bonds. The van der Waals surface area contributed by atoms with Crippen molar-refractivity contribution in [3.63, 3.8) is 0 Å². The number of hydrazine groups is 1. The van der Waals surface area contributed by atoms with Gasteiger partial charge in [-0.05, 0) is 33.6 Å². The Morgan fingerprint density at radius 1 is 1.37 bits per heavy atom. The monoisotopic (exact) mass is 342 g/mol. The maximum Gasteiger partial charge on any atom is 0.237 e. The second kappa shape index (κ2) is 6.29. The number of hydrogen-bond donors (Lipinski definition) is 2. The van der Waals surface area contributed by atoms with Crippen molar-refractivity contribution in [3.8, 4) is 5.88 Å². The molecule has 0 spiro atoms. The lowest BCUT2D eigenvalue weighted by molar-refractivity contribution is 0.383. The average molecular weight is 344 g/mol. The Labute approximate surface area is 124 Å². The summed E-state index contributed by atoms with van der Waals surface area (Å²) in [5.41, 5.74) is 4.22. The van der Waals surface area contributed by atoms with Crippen molar-refractivity contribution in [2.75, 3.05) is 7.11 Å². The van der Waals surface area contributed by atoms with Crippen LogP contribution in [-0.4, -0.2) is 17.1 Å². The first-order valence-electron chi connectivity index (χ1n) is 5.43. The van der Waals surface area contributed by atoms with Crippen molar-refractivity contribution in [3.05, 3.63) is 51.3 Å². The van der Waals surface area contributed by atoms with Gasteiger partial charge >= 0.3 is 0 Å². The van der Waals surface area contributed by atoms with Crippen LogP contribution in [0.4, 0.5) is 0 Å². The molecule has 1 aromatic carbocycles. The number of ether oxygens (including phenoxy) is 1. The topological polar surface area (TPSA) is 73.1 Å². The molecule has 1 atom stereocenters. The van der Waals surface area contributed by atoms with Gasteiger partial charge in [0.15, 0.2) is 0 Å². The van der Waals surface area contributed by atoms with Crippen molar-refractivity contribution >= 4 is 27.5 Å². The van der Waals surface area contributed by atoms with Gasteiger partial charge < -0.3 is 4.74 Å². The molecule has 7 heteroatoms. The number of benzene rings is 1. The molecule has 0 aliphatic rings. The molecule has 1 aromatic heterocycles. The number of hydrogen-bond acceptors (Lipinski definition) is 5. The zero-order chi connectivity index (χ0) is 13.8. The molecule has 100 valence electrons. The molecular formula is C12H12BrClN4O. The second-order valence-corrected chi connectivity index (χ2v) is 4.99. The van der Waals surface area contributed by atoms with Gasteiger partial charge in [-0.15, -0.1) is 0 Å². The maximum atomic E-state index is 5.98. The first-order valence-corrected chi connectivity index (χ1v) is 6.60. The summed E-state index contributed by atoms with van der Waals surface area (Å²) in [5.74, 6) is 6.05. The largest absolute Gasteiger partial charge is 0.480 e. The Morgan fingerprint density at radius 3 is 2.74 bits per heavy atom. The fourth-order valence-electron chi connectivity index (χ4n) is 1.72. The number of methoxy groups -OCH3 is 1. The van der Waals surface area contributed by atoms with E-state index >= 15 is 0 Å². The molecule has 1 heterocycles. The molecule has 0 fully saturated rings. The Morgan fingerprint density at radius 2 is 2.11 bits per heavy atom. The predicted molar refractivity (Wildman–Crippen MR) is 76.9 cm³/mol. The number of nitrogens with zero attached hydrogens (tertiary/aromatic N) is 2. The van der Waals surface area contributed by atoms with Crippen LogP contribution in [0, 0.1) is 0 Å². The third-order valence-electron chi connectivity index (χ3n) is 2.60. The van der Waals surface area contributed by atoms with Gasteiger partial charge in [0.1, 0.15) is 5.69 Å². The van der Waals surface area contributed by atoms with Gasteiger partial charge in [-0.3, -0.25) is 10.8 Å². The van der Waals surface area contributed by atoms with Crippen molar-refractivity contribution in [1.82, 2.24) is 15.4 Å². The van der Waals surface area contributed by atoms with Crippen molar-refractivity contribution in [2.45, 2.75) is 6.04 Å². The molecule has 2 rings (SSSR count). The third-order valence-corrected chi connectivity index (χ3v) is 3.82. The first kappa shape index (κ1) is 14.2. The number of nitrogens with two attached hydrogens (primary N) is 1. The fourth-order valence-corrected chi connectivity index (χ4v) is 2.23. The minimum atomic E-state index is -0.336. The van der Waals surface area contributed by atoms with Crippen molar-refractivity contribution in [2.24, 2.45) is 5.84 Å². The Kier molecular flexibility index (Phi) is 4.71. The van der Waals surface area contributed by atoms with Gasteiger partial charge in [-0.2, -0.15) is 0 Å². The second-order valence-electron chi connectivity index (χ2n) is 3.72. The number of halogens is 2. The van der Waals surface area contributed by atoms with E-state index in [1.807, 2.05) is 12.1 Å². The van der Waals surface area contributed by atoms with Crippen LogP contribution in [0.15, 0.2) is 35.1 Å². The Bertz CT molecular complexity index is 581. The quantitative estimate of drug-likeness (QED) is 0.659. The maximum absolute atomic E-state index is 5.98. The van der Waals surface area contributed by atoms with E-state index in [9.17, 15) is 0 Å². The molecule has 0 aliphatic carbocycles. The van der Waals surface area contributed by atoms with E-state index in [-0.39, 0.29) is 6.04 Å². The lowest BCUT2D eigenvalue weighted by Crippen LogP contribution is -2.30. The van der Waals surface area contributed by atoms with E-state index in [1.165, 1.54) is 0 Å². The summed E-state index contributed by atoms with van der Waals surface area (Å²) in [6, 6.07) is 5.19. The molecule has 3 N–H and O–H groups in total. The van der Waals surface area contributed by atoms with Gasteiger partial charge in [-0.1, -0.05) is 17.7 Å². The summed E-state index contributed by atoms with van der Waals surface area (Å²) in [4.78, 5) is 8.38. The number of aromatic nitrogens is 2. The fraction of sp³-hybridized carbons (Fsp3) is 0.167. The van der Waals surface area contributed by atoms with E-state index in [4.69, 9.17) is 22.2 Å².